The Morgan fingerprint density at radius 3 is 2.88 bits per heavy atom. The number of aryl methyl sites for hydroxylation is 1. The van der Waals surface area contributed by atoms with Gasteiger partial charge >= 0.3 is 0 Å². The van der Waals surface area contributed by atoms with E-state index in [4.69, 9.17) is 0 Å². The molecule has 0 spiro atoms. The summed E-state index contributed by atoms with van der Waals surface area (Å²) in [6.07, 6.45) is 6.62. The lowest BCUT2D eigenvalue weighted by atomic mass is 9.96. The number of carbonyl (C=O) groups excluding carboxylic acids is 2. The van der Waals surface area contributed by atoms with Gasteiger partial charge in [0.15, 0.2) is 5.65 Å². The van der Waals surface area contributed by atoms with Crippen LogP contribution in [-0.2, 0) is 11.8 Å². The van der Waals surface area contributed by atoms with E-state index in [-0.39, 0.29) is 17.6 Å². The van der Waals surface area contributed by atoms with Crippen molar-refractivity contribution in [2.45, 2.75) is 25.7 Å². The van der Waals surface area contributed by atoms with Gasteiger partial charge < -0.3 is 15.2 Å². The van der Waals surface area contributed by atoms with E-state index in [2.05, 4.69) is 21.6 Å². The summed E-state index contributed by atoms with van der Waals surface area (Å²) in [5, 5.41) is 21.3. The third-order valence-corrected chi connectivity index (χ3v) is 4.30. The summed E-state index contributed by atoms with van der Waals surface area (Å²) >= 11 is 0. The van der Waals surface area contributed by atoms with Crippen molar-refractivity contribution in [2.24, 2.45) is 7.05 Å². The van der Waals surface area contributed by atoms with Crippen LogP contribution in [0.4, 0.5) is 0 Å². The Kier molecular flexibility index (Phi) is 4.60. The van der Waals surface area contributed by atoms with E-state index in [0.717, 1.165) is 35.8 Å². The Labute approximate surface area is 143 Å². The number of nitrogens with one attached hydrogen (secondary N) is 1. The number of aromatic nitrogens is 3. The first-order valence-electron chi connectivity index (χ1n) is 8.05. The largest absolute Gasteiger partial charge is 0.506 e. The lowest BCUT2D eigenvalue weighted by Gasteiger charge is -2.14. The van der Waals surface area contributed by atoms with Gasteiger partial charge in [0.2, 0.25) is 0 Å². The van der Waals surface area contributed by atoms with E-state index in [1.165, 1.54) is 7.05 Å². The van der Waals surface area contributed by atoms with Crippen LogP contribution < -0.4 is 10.9 Å². The van der Waals surface area contributed by atoms with Gasteiger partial charge in [-0.25, -0.2) is 0 Å². The highest BCUT2D eigenvalue weighted by Gasteiger charge is 2.22. The number of hydrogen-bond donors (Lipinski definition) is 2. The molecule has 0 saturated heterocycles. The quantitative estimate of drug-likeness (QED) is 0.799. The zero-order valence-corrected chi connectivity index (χ0v) is 13.8. The molecule has 0 aliphatic heterocycles. The van der Waals surface area contributed by atoms with Gasteiger partial charge in [-0.1, -0.05) is 6.08 Å². The normalized spacial score (nSPS) is 14.2. The van der Waals surface area contributed by atoms with Gasteiger partial charge in [-0.3, -0.25) is 14.2 Å². The zero-order chi connectivity index (χ0) is 18.0. The van der Waals surface area contributed by atoms with Gasteiger partial charge in [0.1, 0.15) is 17.6 Å². The molecule has 1 amide bonds. The van der Waals surface area contributed by atoms with E-state index in [9.17, 15) is 19.5 Å². The first-order chi connectivity index (χ1) is 12.0. The van der Waals surface area contributed by atoms with Crippen molar-refractivity contribution >= 4 is 28.8 Å². The summed E-state index contributed by atoms with van der Waals surface area (Å²) in [4.78, 5) is 34.9. The van der Waals surface area contributed by atoms with E-state index >= 15 is 0 Å². The van der Waals surface area contributed by atoms with Gasteiger partial charge in [-0.2, -0.15) is 0 Å². The minimum atomic E-state index is -0.803. The monoisotopic (exact) mass is 342 g/mol. The molecule has 0 unspecified atom stereocenters. The van der Waals surface area contributed by atoms with E-state index < -0.39 is 22.8 Å². The van der Waals surface area contributed by atoms with Crippen LogP contribution in [0.1, 0.15) is 41.7 Å². The van der Waals surface area contributed by atoms with Gasteiger partial charge in [-0.05, 0) is 37.3 Å². The average Bonchev–Trinajstić information content (AvgIpc) is 2.65. The molecule has 0 atom stereocenters. The molecule has 8 heteroatoms. The van der Waals surface area contributed by atoms with Crippen LogP contribution in [0.5, 0.6) is 5.75 Å². The minimum Gasteiger partial charge on any atom is -0.506 e. The molecule has 0 saturated carbocycles. The predicted molar refractivity (Wildman–Crippen MR) is 91.3 cm³/mol. The molecule has 0 fully saturated rings. The van der Waals surface area contributed by atoms with Crippen LogP contribution in [0.2, 0.25) is 0 Å². The van der Waals surface area contributed by atoms with Gasteiger partial charge in [0, 0.05) is 7.05 Å². The van der Waals surface area contributed by atoms with Crippen LogP contribution in [0.3, 0.4) is 0 Å². The van der Waals surface area contributed by atoms with Gasteiger partial charge in [0.05, 0.1) is 17.6 Å². The zero-order valence-electron chi connectivity index (χ0n) is 13.8. The first kappa shape index (κ1) is 16.8. The molecule has 0 radical (unpaired) electrons. The number of fused-ring (bicyclic) bond motifs is 1. The first-order valence-corrected chi connectivity index (χ1v) is 8.05. The highest BCUT2D eigenvalue weighted by atomic mass is 16.3. The second kappa shape index (κ2) is 6.84. The number of nitrogens with zero attached hydrogens (tertiary/aromatic N) is 3. The Bertz CT molecular complexity index is 946. The number of aromatic hydroxyl groups is 1. The fourth-order valence-electron chi connectivity index (χ4n) is 2.96. The second-order valence-corrected chi connectivity index (χ2v) is 5.91. The molecule has 8 nitrogen and oxygen atoms in total. The predicted octanol–water partition coefficient (Wildman–Crippen LogP) is 0.920. The van der Waals surface area contributed by atoms with Crippen molar-refractivity contribution in [1.29, 1.82) is 0 Å². The van der Waals surface area contributed by atoms with Crippen molar-refractivity contribution < 1.29 is 14.7 Å². The number of hydrogen-bond acceptors (Lipinski definition) is 6. The van der Waals surface area contributed by atoms with E-state index in [1.54, 1.807) is 6.07 Å². The maximum absolute atomic E-state index is 12.4. The third-order valence-electron chi connectivity index (χ3n) is 4.30. The maximum Gasteiger partial charge on any atom is 0.268 e. The van der Waals surface area contributed by atoms with Crippen LogP contribution in [0.25, 0.3) is 16.6 Å². The fraction of sp³-hybridized carbons (Fsp3) is 0.353. The van der Waals surface area contributed by atoms with Crippen LogP contribution in [0, 0.1) is 0 Å². The van der Waals surface area contributed by atoms with Gasteiger partial charge in [0.25, 0.3) is 11.5 Å². The Balaban J connectivity index is 2.18. The van der Waals surface area contributed by atoms with Crippen molar-refractivity contribution in [1.82, 2.24) is 20.1 Å². The number of aldehydes is 1. The van der Waals surface area contributed by atoms with Crippen LogP contribution in [-0.4, -0.2) is 38.6 Å². The van der Waals surface area contributed by atoms with Gasteiger partial charge in [-0.15, -0.1) is 10.2 Å². The number of amides is 1. The molecule has 2 heterocycles. The van der Waals surface area contributed by atoms with Crippen molar-refractivity contribution in [3.63, 3.8) is 0 Å². The second-order valence-electron chi connectivity index (χ2n) is 5.91. The third kappa shape index (κ3) is 3.02. The Hall–Kier alpha value is -3.03. The summed E-state index contributed by atoms with van der Waals surface area (Å²) in [6, 6.07) is 1.64. The Morgan fingerprint density at radius 1 is 1.40 bits per heavy atom. The standard InChI is InChI=1S/C17H18N4O4/c1-21-15-11(9-12(19-20-15)10-5-3-2-4-6-10)14(23)13(17(21)25)16(24)18-7-8-22/h5,8-9,23H,2-4,6-7H2,1H3,(H,18,24). The maximum atomic E-state index is 12.4. The number of carbonyl (C=O) groups is 2. The summed E-state index contributed by atoms with van der Waals surface area (Å²) < 4.78 is 1.16. The molecule has 0 bridgehead atoms. The molecule has 2 aromatic heterocycles. The summed E-state index contributed by atoms with van der Waals surface area (Å²) in [5.41, 5.74) is 0.747. The summed E-state index contributed by atoms with van der Waals surface area (Å²) in [6.45, 7) is -0.244. The molecule has 1 aliphatic rings. The SMILES string of the molecule is Cn1c(=O)c(C(=O)NCC=O)c(O)c2cc(C3=CCCCC3)nnc21. The molecule has 1 aliphatic carbocycles. The molecule has 2 N–H and O–H groups in total. The highest BCUT2D eigenvalue weighted by molar-refractivity contribution is 6.02. The van der Waals surface area contributed by atoms with Crippen LogP contribution in [0.15, 0.2) is 16.9 Å². The lowest BCUT2D eigenvalue weighted by Crippen LogP contribution is -2.33. The molecular formula is C17H18N4O4. The molecular weight excluding hydrogens is 324 g/mol. The molecule has 25 heavy (non-hydrogen) atoms. The average molecular weight is 342 g/mol. The lowest BCUT2D eigenvalue weighted by molar-refractivity contribution is -0.107. The van der Waals surface area contributed by atoms with E-state index in [0.29, 0.717) is 12.0 Å². The van der Waals surface area contributed by atoms with Crippen molar-refractivity contribution in [2.75, 3.05) is 6.54 Å². The number of pyridine rings is 1. The molecule has 2 aromatic rings. The fourth-order valence-corrected chi connectivity index (χ4v) is 2.96. The summed E-state index contributed by atoms with van der Waals surface area (Å²) in [7, 11) is 1.45. The van der Waals surface area contributed by atoms with E-state index in [1.807, 2.05) is 0 Å². The summed E-state index contributed by atoms with van der Waals surface area (Å²) in [5.74, 6) is -1.25. The smallest absolute Gasteiger partial charge is 0.268 e. The van der Waals surface area contributed by atoms with Crippen LogP contribution >= 0.6 is 0 Å². The molecule has 0 aromatic carbocycles. The minimum absolute atomic E-state index is 0.189. The topological polar surface area (TPSA) is 114 Å². The number of allylic oxidation sites excluding steroid dienone is 2. The number of rotatable bonds is 4. The Morgan fingerprint density at radius 2 is 2.20 bits per heavy atom. The highest BCUT2D eigenvalue weighted by Crippen LogP contribution is 2.30. The molecule has 3 rings (SSSR count). The van der Waals surface area contributed by atoms with Crippen molar-refractivity contribution in [3.8, 4) is 5.75 Å². The van der Waals surface area contributed by atoms with Crippen molar-refractivity contribution in [3.05, 3.63) is 33.8 Å². The molecule has 130 valence electrons.